The van der Waals surface area contributed by atoms with E-state index in [9.17, 15) is 18.0 Å². The van der Waals surface area contributed by atoms with Crippen molar-refractivity contribution >= 4 is 21.9 Å². The standard InChI is InChI=1S/C19H22N2O5S/c1-12-4-5-16(10-13(12)2)19(23)26-11-18(22)21-14(3)15-6-8-17(9-7-15)27(20,24)25/h4-10,14H,11H2,1-3H3,(H,21,22)(H2,20,24,25)/t14-/m0/s1. The van der Waals surface area contributed by atoms with Gasteiger partial charge in [-0.05, 0) is 61.7 Å². The van der Waals surface area contributed by atoms with Crippen molar-refractivity contribution in [3.05, 3.63) is 64.7 Å². The average Bonchev–Trinajstić information content (AvgIpc) is 2.61. The van der Waals surface area contributed by atoms with Gasteiger partial charge in [0, 0.05) is 0 Å². The van der Waals surface area contributed by atoms with Gasteiger partial charge in [-0.25, -0.2) is 18.4 Å². The minimum absolute atomic E-state index is 0.00732. The number of sulfonamides is 1. The highest BCUT2D eigenvalue weighted by atomic mass is 32.2. The number of primary sulfonamides is 1. The fourth-order valence-electron chi connectivity index (χ4n) is 2.40. The highest BCUT2D eigenvalue weighted by Gasteiger charge is 2.14. The first-order valence-electron chi connectivity index (χ1n) is 8.24. The van der Waals surface area contributed by atoms with Gasteiger partial charge in [0.05, 0.1) is 16.5 Å². The van der Waals surface area contributed by atoms with Crippen molar-refractivity contribution in [2.24, 2.45) is 5.14 Å². The molecule has 2 aromatic carbocycles. The van der Waals surface area contributed by atoms with Crippen LogP contribution in [0.15, 0.2) is 47.4 Å². The summed E-state index contributed by atoms with van der Waals surface area (Å²) in [6, 6.07) is 10.6. The number of carbonyl (C=O) groups is 2. The Morgan fingerprint density at radius 3 is 2.26 bits per heavy atom. The van der Waals surface area contributed by atoms with Gasteiger partial charge in [-0.1, -0.05) is 18.2 Å². The van der Waals surface area contributed by atoms with Crippen LogP contribution in [0.4, 0.5) is 0 Å². The fraction of sp³-hybridized carbons (Fsp3) is 0.263. The summed E-state index contributed by atoms with van der Waals surface area (Å²) in [6.07, 6.45) is 0. The molecule has 0 radical (unpaired) electrons. The SMILES string of the molecule is Cc1ccc(C(=O)OCC(=O)N[C@@H](C)c2ccc(S(N)(=O)=O)cc2)cc1C. The average molecular weight is 390 g/mol. The van der Waals surface area contributed by atoms with Crippen molar-refractivity contribution in [1.82, 2.24) is 5.32 Å². The number of esters is 1. The maximum absolute atomic E-state index is 12.0. The van der Waals surface area contributed by atoms with Gasteiger partial charge in [-0.15, -0.1) is 0 Å². The molecule has 8 heteroatoms. The lowest BCUT2D eigenvalue weighted by Gasteiger charge is -2.15. The van der Waals surface area contributed by atoms with Gasteiger partial charge in [0.25, 0.3) is 5.91 Å². The Morgan fingerprint density at radius 2 is 1.70 bits per heavy atom. The van der Waals surface area contributed by atoms with E-state index in [4.69, 9.17) is 9.88 Å². The van der Waals surface area contributed by atoms with Crippen molar-refractivity contribution in [3.63, 3.8) is 0 Å². The Hall–Kier alpha value is -2.71. The Bertz CT molecular complexity index is 953. The van der Waals surface area contributed by atoms with Crippen molar-refractivity contribution in [2.45, 2.75) is 31.7 Å². The summed E-state index contributed by atoms with van der Waals surface area (Å²) < 4.78 is 27.6. The maximum Gasteiger partial charge on any atom is 0.338 e. The molecule has 0 spiro atoms. The molecular weight excluding hydrogens is 368 g/mol. The quantitative estimate of drug-likeness (QED) is 0.732. The monoisotopic (exact) mass is 390 g/mol. The maximum atomic E-state index is 12.0. The van der Waals surface area contributed by atoms with E-state index in [1.165, 1.54) is 12.1 Å². The van der Waals surface area contributed by atoms with Crippen LogP contribution in [-0.4, -0.2) is 26.9 Å². The number of nitrogens with one attached hydrogen (secondary N) is 1. The van der Waals surface area contributed by atoms with Crippen LogP contribution in [0.5, 0.6) is 0 Å². The van der Waals surface area contributed by atoms with Crippen molar-refractivity contribution in [1.29, 1.82) is 0 Å². The number of benzene rings is 2. The van der Waals surface area contributed by atoms with E-state index in [0.717, 1.165) is 11.1 Å². The van der Waals surface area contributed by atoms with Crippen LogP contribution in [0.3, 0.4) is 0 Å². The van der Waals surface area contributed by atoms with E-state index in [-0.39, 0.29) is 4.90 Å². The first-order valence-corrected chi connectivity index (χ1v) is 9.79. The van der Waals surface area contributed by atoms with Gasteiger partial charge < -0.3 is 10.1 Å². The van der Waals surface area contributed by atoms with E-state index in [0.29, 0.717) is 11.1 Å². The lowest BCUT2D eigenvalue weighted by Crippen LogP contribution is -2.31. The van der Waals surface area contributed by atoms with E-state index >= 15 is 0 Å². The Labute approximate surface area is 158 Å². The smallest absolute Gasteiger partial charge is 0.338 e. The van der Waals surface area contributed by atoms with Crippen molar-refractivity contribution in [2.75, 3.05) is 6.61 Å². The number of hydrogen-bond acceptors (Lipinski definition) is 5. The van der Waals surface area contributed by atoms with Crippen LogP contribution in [0.2, 0.25) is 0 Å². The number of nitrogens with two attached hydrogens (primary N) is 1. The molecule has 27 heavy (non-hydrogen) atoms. The van der Waals surface area contributed by atoms with E-state index in [2.05, 4.69) is 5.32 Å². The molecule has 0 aliphatic heterocycles. The summed E-state index contributed by atoms with van der Waals surface area (Å²) in [6.45, 7) is 5.15. The van der Waals surface area contributed by atoms with Crippen LogP contribution in [0.1, 0.15) is 40.0 Å². The lowest BCUT2D eigenvalue weighted by atomic mass is 10.1. The predicted octanol–water partition coefficient (Wildman–Crippen LogP) is 1.99. The summed E-state index contributed by atoms with van der Waals surface area (Å²) in [7, 11) is -3.76. The molecule has 0 fully saturated rings. The van der Waals surface area contributed by atoms with Gasteiger partial charge in [-0.3, -0.25) is 4.79 Å². The van der Waals surface area contributed by atoms with E-state index in [1.54, 1.807) is 31.2 Å². The second-order valence-corrected chi connectivity index (χ2v) is 7.84. The van der Waals surface area contributed by atoms with Crippen LogP contribution in [0.25, 0.3) is 0 Å². The molecule has 0 heterocycles. The van der Waals surface area contributed by atoms with Gasteiger partial charge in [0.2, 0.25) is 10.0 Å². The Kier molecular flexibility index (Phi) is 6.35. The zero-order valence-corrected chi connectivity index (χ0v) is 16.2. The van der Waals surface area contributed by atoms with Gasteiger partial charge >= 0.3 is 5.97 Å². The summed E-state index contributed by atoms with van der Waals surface area (Å²) in [4.78, 5) is 24.0. The second-order valence-electron chi connectivity index (χ2n) is 6.28. The third-order valence-electron chi connectivity index (χ3n) is 4.16. The van der Waals surface area contributed by atoms with Crippen molar-refractivity contribution < 1.29 is 22.7 Å². The van der Waals surface area contributed by atoms with E-state index in [1.807, 2.05) is 19.9 Å². The van der Waals surface area contributed by atoms with Gasteiger partial charge in [0.15, 0.2) is 6.61 Å². The van der Waals surface area contributed by atoms with Crippen LogP contribution < -0.4 is 10.5 Å². The van der Waals surface area contributed by atoms with E-state index < -0.39 is 34.5 Å². The van der Waals surface area contributed by atoms with Crippen LogP contribution in [0, 0.1) is 13.8 Å². The predicted molar refractivity (Wildman–Crippen MR) is 101 cm³/mol. The molecule has 144 valence electrons. The normalized spacial score (nSPS) is 12.3. The third kappa shape index (κ3) is 5.63. The van der Waals surface area contributed by atoms with Gasteiger partial charge in [0.1, 0.15) is 0 Å². The summed E-state index contributed by atoms with van der Waals surface area (Å²) in [5.41, 5.74) is 3.10. The van der Waals surface area contributed by atoms with Crippen LogP contribution >= 0.6 is 0 Å². The summed E-state index contributed by atoms with van der Waals surface area (Å²) in [5, 5.41) is 7.74. The molecule has 0 aliphatic carbocycles. The number of amides is 1. The molecule has 7 nitrogen and oxygen atoms in total. The molecule has 2 aromatic rings. The van der Waals surface area contributed by atoms with Crippen molar-refractivity contribution in [3.8, 4) is 0 Å². The molecule has 1 atom stereocenters. The first-order chi connectivity index (χ1) is 12.6. The molecule has 0 saturated carbocycles. The lowest BCUT2D eigenvalue weighted by molar-refractivity contribution is -0.124. The summed E-state index contributed by atoms with van der Waals surface area (Å²) in [5.74, 6) is -1.03. The number of rotatable bonds is 6. The fourth-order valence-corrected chi connectivity index (χ4v) is 2.91. The molecule has 3 N–H and O–H groups in total. The first kappa shape index (κ1) is 20.6. The Balaban J connectivity index is 1.91. The minimum atomic E-state index is -3.76. The largest absolute Gasteiger partial charge is 0.452 e. The Morgan fingerprint density at radius 1 is 1.07 bits per heavy atom. The number of ether oxygens (including phenoxy) is 1. The zero-order valence-electron chi connectivity index (χ0n) is 15.4. The molecule has 0 saturated heterocycles. The molecule has 0 bridgehead atoms. The highest BCUT2D eigenvalue weighted by Crippen LogP contribution is 2.15. The number of aryl methyl sites for hydroxylation is 2. The van der Waals surface area contributed by atoms with Crippen LogP contribution in [-0.2, 0) is 19.6 Å². The second kappa shape index (κ2) is 8.32. The zero-order chi connectivity index (χ0) is 20.2. The summed E-state index contributed by atoms with van der Waals surface area (Å²) >= 11 is 0. The minimum Gasteiger partial charge on any atom is -0.452 e. The number of carbonyl (C=O) groups excluding carboxylic acids is 2. The molecule has 0 unspecified atom stereocenters. The third-order valence-corrected chi connectivity index (χ3v) is 5.09. The highest BCUT2D eigenvalue weighted by molar-refractivity contribution is 7.89. The molecule has 1 amide bonds. The van der Waals surface area contributed by atoms with Gasteiger partial charge in [-0.2, -0.15) is 0 Å². The number of hydrogen-bond donors (Lipinski definition) is 2. The molecule has 2 rings (SSSR count). The molecule has 0 aliphatic rings. The molecule has 0 aromatic heterocycles. The topological polar surface area (TPSA) is 116 Å². The molecular formula is C19H22N2O5S.